The Labute approximate surface area is 142 Å². The van der Waals surface area contributed by atoms with Crippen molar-refractivity contribution in [2.24, 2.45) is 0 Å². The van der Waals surface area contributed by atoms with Crippen LogP contribution < -0.4 is 9.64 Å². The maximum absolute atomic E-state index is 12.4. The highest BCUT2D eigenvalue weighted by Gasteiger charge is 2.21. The first-order valence-corrected chi connectivity index (χ1v) is 8.24. The molecule has 0 atom stereocenters. The van der Waals surface area contributed by atoms with Crippen molar-refractivity contribution in [1.82, 2.24) is 9.88 Å². The summed E-state index contributed by atoms with van der Waals surface area (Å²) in [5, 5.41) is 0. The zero-order valence-electron chi connectivity index (χ0n) is 14.2. The van der Waals surface area contributed by atoms with E-state index in [1.807, 2.05) is 36.1 Å². The SMILES string of the molecule is COc1ccc(N2CCN(C(=O)Cc3ccc(C)nc3)CC2)cc1. The van der Waals surface area contributed by atoms with E-state index in [1.165, 1.54) is 5.69 Å². The van der Waals surface area contributed by atoms with Gasteiger partial charge in [0.2, 0.25) is 5.91 Å². The van der Waals surface area contributed by atoms with Crippen molar-refractivity contribution in [2.45, 2.75) is 13.3 Å². The second-order valence-electron chi connectivity index (χ2n) is 6.05. The number of hydrogen-bond acceptors (Lipinski definition) is 4. The lowest BCUT2D eigenvalue weighted by Gasteiger charge is -2.36. The molecule has 0 bridgehead atoms. The summed E-state index contributed by atoms with van der Waals surface area (Å²) in [6.07, 6.45) is 2.22. The van der Waals surface area contributed by atoms with Crippen molar-refractivity contribution in [3.05, 3.63) is 53.9 Å². The number of nitrogens with zero attached hydrogens (tertiary/aromatic N) is 3. The molecule has 1 saturated heterocycles. The molecule has 3 rings (SSSR count). The van der Waals surface area contributed by atoms with Crippen LogP contribution in [0.25, 0.3) is 0 Å². The number of pyridine rings is 1. The number of hydrogen-bond donors (Lipinski definition) is 0. The summed E-state index contributed by atoms with van der Waals surface area (Å²) in [6, 6.07) is 12.0. The first-order valence-electron chi connectivity index (χ1n) is 8.24. The number of amides is 1. The summed E-state index contributed by atoms with van der Waals surface area (Å²) in [7, 11) is 1.67. The summed E-state index contributed by atoms with van der Waals surface area (Å²) < 4.78 is 5.19. The molecule has 1 fully saturated rings. The summed E-state index contributed by atoms with van der Waals surface area (Å²) in [4.78, 5) is 20.9. The van der Waals surface area contributed by atoms with Crippen LogP contribution >= 0.6 is 0 Å². The van der Waals surface area contributed by atoms with Crippen molar-refractivity contribution < 1.29 is 9.53 Å². The Morgan fingerprint density at radius 2 is 1.79 bits per heavy atom. The van der Waals surface area contributed by atoms with E-state index in [1.54, 1.807) is 13.3 Å². The molecule has 0 aliphatic carbocycles. The van der Waals surface area contributed by atoms with Gasteiger partial charge in [0.15, 0.2) is 0 Å². The standard InChI is InChI=1S/C19H23N3O2/c1-15-3-4-16(14-20-15)13-19(23)22-11-9-21(10-12-22)17-5-7-18(24-2)8-6-17/h3-8,14H,9-13H2,1-2H3. The van der Waals surface area contributed by atoms with Crippen LogP contribution in [0.5, 0.6) is 5.75 Å². The Kier molecular flexibility index (Phi) is 4.99. The van der Waals surface area contributed by atoms with Gasteiger partial charge >= 0.3 is 0 Å². The van der Waals surface area contributed by atoms with Crippen LogP contribution in [0.1, 0.15) is 11.3 Å². The molecule has 0 N–H and O–H groups in total. The van der Waals surface area contributed by atoms with Crippen LogP contribution in [-0.2, 0) is 11.2 Å². The molecule has 1 aliphatic heterocycles. The summed E-state index contributed by atoms with van der Waals surface area (Å²) in [5.74, 6) is 1.04. The maximum Gasteiger partial charge on any atom is 0.227 e. The second-order valence-corrected chi connectivity index (χ2v) is 6.05. The van der Waals surface area contributed by atoms with E-state index in [-0.39, 0.29) is 5.91 Å². The minimum atomic E-state index is 0.176. The molecule has 0 unspecified atom stereocenters. The topological polar surface area (TPSA) is 45.7 Å². The Bertz CT molecular complexity index is 675. The average molecular weight is 325 g/mol. The number of ether oxygens (including phenoxy) is 1. The summed E-state index contributed by atoms with van der Waals surface area (Å²) >= 11 is 0. The minimum Gasteiger partial charge on any atom is -0.497 e. The molecule has 0 saturated carbocycles. The normalized spacial score (nSPS) is 14.6. The predicted octanol–water partition coefficient (Wildman–Crippen LogP) is 2.29. The lowest BCUT2D eigenvalue weighted by Crippen LogP contribution is -2.49. The van der Waals surface area contributed by atoms with Crippen LogP contribution in [0, 0.1) is 6.92 Å². The van der Waals surface area contributed by atoms with Crippen molar-refractivity contribution in [3.8, 4) is 5.75 Å². The number of methoxy groups -OCH3 is 1. The van der Waals surface area contributed by atoms with Crippen molar-refractivity contribution >= 4 is 11.6 Å². The largest absolute Gasteiger partial charge is 0.497 e. The molecule has 1 aromatic carbocycles. The number of aryl methyl sites for hydroxylation is 1. The molecular formula is C19H23N3O2. The number of aromatic nitrogens is 1. The molecule has 1 amide bonds. The molecule has 2 heterocycles. The van der Waals surface area contributed by atoms with Gasteiger partial charge in [0, 0.05) is 43.8 Å². The Hall–Kier alpha value is -2.56. The monoisotopic (exact) mass is 325 g/mol. The number of carbonyl (C=O) groups is 1. The van der Waals surface area contributed by atoms with Crippen LogP contribution in [-0.4, -0.2) is 49.1 Å². The fourth-order valence-corrected chi connectivity index (χ4v) is 2.90. The summed E-state index contributed by atoms with van der Waals surface area (Å²) in [6.45, 7) is 5.16. The number of piperazine rings is 1. The molecule has 24 heavy (non-hydrogen) atoms. The van der Waals surface area contributed by atoms with Crippen molar-refractivity contribution in [3.63, 3.8) is 0 Å². The first-order chi connectivity index (χ1) is 11.7. The smallest absolute Gasteiger partial charge is 0.227 e. The highest BCUT2D eigenvalue weighted by atomic mass is 16.5. The Morgan fingerprint density at radius 1 is 1.08 bits per heavy atom. The molecule has 5 nitrogen and oxygen atoms in total. The van der Waals surface area contributed by atoms with Gasteiger partial charge in [0.1, 0.15) is 5.75 Å². The molecule has 1 aliphatic rings. The fourth-order valence-electron chi connectivity index (χ4n) is 2.90. The molecule has 126 valence electrons. The van der Waals surface area contributed by atoms with Gasteiger partial charge in [-0.1, -0.05) is 6.07 Å². The van der Waals surface area contributed by atoms with E-state index < -0.39 is 0 Å². The van der Waals surface area contributed by atoms with Crippen LogP contribution in [0.15, 0.2) is 42.6 Å². The molecule has 5 heteroatoms. The van der Waals surface area contributed by atoms with Gasteiger partial charge in [-0.25, -0.2) is 0 Å². The lowest BCUT2D eigenvalue weighted by molar-refractivity contribution is -0.130. The molecule has 0 spiro atoms. The van der Waals surface area contributed by atoms with E-state index >= 15 is 0 Å². The van der Waals surface area contributed by atoms with E-state index in [2.05, 4.69) is 22.0 Å². The highest BCUT2D eigenvalue weighted by Crippen LogP contribution is 2.20. The van der Waals surface area contributed by atoms with E-state index in [4.69, 9.17) is 4.74 Å². The van der Waals surface area contributed by atoms with Gasteiger partial charge in [0.25, 0.3) is 0 Å². The predicted molar refractivity (Wildman–Crippen MR) is 94.5 cm³/mol. The van der Waals surface area contributed by atoms with E-state index in [9.17, 15) is 4.79 Å². The Balaban J connectivity index is 1.54. The lowest BCUT2D eigenvalue weighted by atomic mass is 10.1. The van der Waals surface area contributed by atoms with Gasteiger partial charge in [0.05, 0.1) is 13.5 Å². The van der Waals surface area contributed by atoms with Crippen LogP contribution in [0.4, 0.5) is 5.69 Å². The third-order valence-corrected chi connectivity index (χ3v) is 4.40. The van der Waals surface area contributed by atoms with Crippen LogP contribution in [0.3, 0.4) is 0 Å². The summed E-state index contributed by atoms with van der Waals surface area (Å²) in [5.41, 5.74) is 3.12. The molecule has 1 aromatic heterocycles. The second kappa shape index (κ2) is 7.34. The quantitative estimate of drug-likeness (QED) is 0.865. The molecule has 0 radical (unpaired) electrons. The third kappa shape index (κ3) is 3.85. The molecule has 2 aromatic rings. The van der Waals surface area contributed by atoms with E-state index in [0.717, 1.165) is 43.2 Å². The maximum atomic E-state index is 12.4. The van der Waals surface area contributed by atoms with Crippen molar-refractivity contribution in [2.75, 3.05) is 38.2 Å². The van der Waals surface area contributed by atoms with Gasteiger partial charge in [-0.15, -0.1) is 0 Å². The van der Waals surface area contributed by atoms with Gasteiger partial charge in [-0.3, -0.25) is 9.78 Å². The van der Waals surface area contributed by atoms with Crippen molar-refractivity contribution in [1.29, 1.82) is 0 Å². The van der Waals surface area contributed by atoms with Gasteiger partial charge < -0.3 is 14.5 Å². The van der Waals surface area contributed by atoms with Crippen LogP contribution in [0.2, 0.25) is 0 Å². The zero-order valence-corrected chi connectivity index (χ0v) is 14.2. The average Bonchev–Trinajstić information content (AvgIpc) is 2.64. The Morgan fingerprint density at radius 3 is 2.38 bits per heavy atom. The molecular weight excluding hydrogens is 302 g/mol. The third-order valence-electron chi connectivity index (χ3n) is 4.40. The minimum absolute atomic E-state index is 0.176. The zero-order chi connectivity index (χ0) is 16.9. The van der Waals surface area contributed by atoms with E-state index in [0.29, 0.717) is 6.42 Å². The fraction of sp³-hybridized carbons (Fsp3) is 0.368. The number of rotatable bonds is 4. The number of carbonyl (C=O) groups excluding carboxylic acids is 1. The number of benzene rings is 1. The van der Waals surface area contributed by atoms with Gasteiger partial charge in [-0.05, 0) is 42.8 Å². The highest BCUT2D eigenvalue weighted by molar-refractivity contribution is 5.79. The van der Waals surface area contributed by atoms with Gasteiger partial charge in [-0.2, -0.15) is 0 Å². The number of anilines is 1. The first kappa shape index (κ1) is 16.3.